The van der Waals surface area contributed by atoms with Gasteiger partial charge in [0.2, 0.25) is 11.8 Å². The van der Waals surface area contributed by atoms with Crippen molar-refractivity contribution in [2.24, 2.45) is 0 Å². The van der Waals surface area contributed by atoms with Crippen molar-refractivity contribution in [3.05, 3.63) is 59.7 Å². The van der Waals surface area contributed by atoms with Gasteiger partial charge in [-0.05, 0) is 42.0 Å². The SMILES string of the molecule is CCC(=O)Nc1cccc([C@@H]2SCC(=O)N2c2ccc(C(F)(F)F)cc2)c1. The minimum atomic E-state index is -4.42. The number of carbonyl (C=O) groups excluding carboxylic acids is 2. The maximum Gasteiger partial charge on any atom is 0.416 e. The van der Waals surface area contributed by atoms with Gasteiger partial charge in [-0.3, -0.25) is 14.5 Å². The summed E-state index contributed by atoms with van der Waals surface area (Å²) in [5.74, 6) is -0.0632. The highest BCUT2D eigenvalue weighted by Gasteiger charge is 2.35. The molecule has 1 heterocycles. The molecule has 0 unspecified atom stereocenters. The van der Waals surface area contributed by atoms with E-state index in [1.54, 1.807) is 25.1 Å². The van der Waals surface area contributed by atoms with E-state index in [2.05, 4.69) is 5.32 Å². The number of nitrogens with one attached hydrogen (secondary N) is 1. The van der Waals surface area contributed by atoms with Crippen molar-refractivity contribution in [1.82, 2.24) is 0 Å². The lowest BCUT2D eigenvalue weighted by Crippen LogP contribution is -2.28. The summed E-state index contributed by atoms with van der Waals surface area (Å²) in [4.78, 5) is 25.4. The van der Waals surface area contributed by atoms with E-state index in [-0.39, 0.29) is 22.9 Å². The molecule has 1 atom stereocenters. The Balaban J connectivity index is 1.89. The molecule has 4 nitrogen and oxygen atoms in total. The summed E-state index contributed by atoms with van der Waals surface area (Å²) in [7, 11) is 0. The third-order valence-corrected chi connectivity index (χ3v) is 5.33. The number of benzene rings is 2. The molecule has 1 fully saturated rings. The molecule has 3 rings (SSSR count). The molecule has 142 valence electrons. The number of amides is 2. The fourth-order valence-corrected chi connectivity index (χ4v) is 3.95. The van der Waals surface area contributed by atoms with Crippen LogP contribution in [0.5, 0.6) is 0 Å². The first kappa shape index (κ1) is 19.3. The van der Waals surface area contributed by atoms with Crippen molar-refractivity contribution in [1.29, 1.82) is 0 Å². The monoisotopic (exact) mass is 394 g/mol. The standard InChI is InChI=1S/C19H17F3N2O2S/c1-2-16(25)23-14-5-3-4-12(10-14)18-24(17(26)11-27-18)15-8-6-13(7-9-15)19(20,21)22/h3-10,18H,2,11H2,1H3,(H,23,25)/t18-/m0/s1. The third kappa shape index (κ3) is 4.27. The van der Waals surface area contributed by atoms with E-state index in [9.17, 15) is 22.8 Å². The summed E-state index contributed by atoms with van der Waals surface area (Å²) in [6, 6.07) is 11.7. The van der Waals surface area contributed by atoms with Gasteiger partial charge in [0.25, 0.3) is 0 Å². The molecular weight excluding hydrogens is 377 g/mol. The first-order valence-electron chi connectivity index (χ1n) is 8.30. The zero-order valence-electron chi connectivity index (χ0n) is 14.4. The Morgan fingerprint density at radius 3 is 2.56 bits per heavy atom. The fraction of sp³-hybridized carbons (Fsp3) is 0.263. The zero-order chi connectivity index (χ0) is 19.6. The van der Waals surface area contributed by atoms with Gasteiger partial charge in [0.15, 0.2) is 0 Å². The zero-order valence-corrected chi connectivity index (χ0v) is 15.2. The maximum absolute atomic E-state index is 12.8. The Hall–Kier alpha value is -2.48. The van der Waals surface area contributed by atoms with Crippen LogP contribution in [0.15, 0.2) is 48.5 Å². The molecule has 0 spiro atoms. The predicted octanol–water partition coefficient (Wildman–Crippen LogP) is 4.83. The van der Waals surface area contributed by atoms with Crippen LogP contribution in [0.4, 0.5) is 24.5 Å². The highest BCUT2D eigenvalue weighted by Crippen LogP contribution is 2.42. The molecule has 0 bridgehead atoms. The summed E-state index contributed by atoms with van der Waals surface area (Å²) in [6.45, 7) is 1.75. The van der Waals surface area contributed by atoms with Gasteiger partial charge in [0.1, 0.15) is 5.37 Å². The minimum absolute atomic E-state index is 0.123. The van der Waals surface area contributed by atoms with Crippen molar-refractivity contribution in [3.8, 4) is 0 Å². The molecular formula is C19H17F3N2O2S. The third-order valence-electron chi connectivity index (χ3n) is 4.12. The van der Waals surface area contributed by atoms with Crippen LogP contribution in [0.2, 0.25) is 0 Å². The minimum Gasteiger partial charge on any atom is -0.326 e. The van der Waals surface area contributed by atoms with Crippen molar-refractivity contribution >= 4 is 35.0 Å². The van der Waals surface area contributed by atoms with Crippen molar-refractivity contribution in [2.45, 2.75) is 24.9 Å². The molecule has 2 aromatic carbocycles. The van der Waals surface area contributed by atoms with E-state index < -0.39 is 11.7 Å². The molecule has 1 aliphatic rings. The maximum atomic E-state index is 12.8. The molecule has 0 radical (unpaired) electrons. The van der Waals surface area contributed by atoms with Gasteiger partial charge in [-0.1, -0.05) is 19.1 Å². The number of nitrogens with zero attached hydrogens (tertiary/aromatic N) is 1. The Bertz CT molecular complexity index is 853. The Kier molecular flexibility index (Phi) is 5.46. The fourth-order valence-electron chi connectivity index (χ4n) is 2.78. The molecule has 0 saturated carbocycles. The van der Waals surface area contributed by atoms with Crippen LogP contribution in [0, 0.1) is 0 Å². The topological polar surface area (TPSA) is 49.4 Å². The summed E-state index contributed by atoms with van der Waals surface area (Å²) in [5, 5.41) is 2.40. The van der Waals surface area contributed by atoms with Crippen molar-refractivity contribution in [2.75, 3.05) is 16.0 Å². The summed E-state index contributed by atoms with van der Waals surface area (Å²) in [6.07, 6.45) is -4.08. The van der Waals surface area contributed by atoms with E-state index >= 15 is 0 Å². The molecule has 2 amide bonds. The number of carbonyl (C=O) groups is 2. The first-order chi connectivity index (χ1) is 12.8. The largest absolute Gasteiger partial charge is 0.416 e. The second-order valence-corrected chi connectivity index (χ2v) is 7.07. The van der Waals surface area contributed by atoms with Crippen LogP contribution < -0.4 is 10.2 Å². The molecule has 8 heteroatoms. The van der Waals surface area contributed by atoms with Crippen molar-refractivity contribution in [3.63, 3.8) is 0 Å². The van der Waals surface area contributed by atoms with E-state index in [1.165, 1.54) is 28.8 Å². The van der Waals surface area contributed by atoms with Crippen molar-refractivity contribution < 1.29 is 22.8 Å². The molecule has 1 saturated heterocycles. The Morgan fingerprint density at radius 2 is 1.93 bits per heavy atom. The van der Waals surface area contributed by atoms with Gasteiger partial charge < -0.3 is 5.32 Å². The average molecular weight is 394 g/mol. The van der Waals surface area contributed by atoms with Crippen LogP contribution in [0.3, 0.4) is 0 Å². The highest BCUT2D eigenvalue weighted by molar-refractivity contribution is 8.00. The summed E-state index contributed by atoms with van der Waals surface area (Å²) in [5.41, 5.74) is 1.06. The molecule has 0 aliphatic carbocycles. The van der Waals surface area contributed by atoms with E-state index in [4.69, 9.17) is 0 Å². The van der Waals surface area contributed by atoms with E-state index in [0.717, 1.165) is 17.7 Å². The lowest BCUT2D eigenvalue weighted by atomic mass is 10.1. The van der Waals surface area contributed by atoms with Gasteiger partial charge in [-0.25, -0.2) is 0 Å². The van der Waals surface area contributed by atoms with Crippen LogP contribution >= 0.6 is 11.8 Å². The quantitative estimate of drug-likeness (QED) is 0.808. The van der Waals surface area contributed by atoms with Crippen LogP contribution in [-0.2, 0) is 15.8 Å². The van der Waals surface area contributed by atoms with E-state index in [0.29, 0.717) is 17.8 Å². The number of thioether (sulfide) groups is 1. The lowest BCUT2D eigenvalue weighted by molar-refractivity contribution is -0.137. The number of hydrogen-bond acceptors (Lipinski definition) is 3. The van der Waals surface area contributed by atoms with Gasteiger partial charge in [-0.2, -0.15) is 13.2 Å². The second-order valence-electron chi connectivity index (χ2n) is 6.00. The number of rotatable bonds is 4. The molecule has 2 aromatic rings. The lowest BCUT2D eigenvalue weighted by Gasteiger charge is -2.25. The van der Waals surface area contributed by atoms with E-state index in [1.807, 2.05) is 6.07 Å². The average Bonchev–Trinajstić information content (AvgIpc) is 3.02. The summed E-state index contributed by atoms with van der Waals surface area (Å²) >= 11 is 1.39. The predicted molar refractivity (Wildman–Crippen MR) is 99.5 cm³/mol. The van der Waals surface area contributed by atoms with Gasteiger partial charge in [-0.15, -0.1) is 11.8 Å². The molecule has 27 heavy (non-hydrogen) atoms. The molecule has 1 N–H and O–H groups in total. The van der Waals surface area contributed by atoms with Gasteiger partial charge in [0, 0.05) is 17.8 Å². The Labute approximate surface area is 158 Å². The number of halogens is 3. The van der Waals surface area contributed by atoms with Crippen LogP contribution in [-0.4, -0.2) is 17.6 Å². The van der Waals surface area contributed by atoms with Crippen LogP contribution in [0.25, 0.3) is 0 Å². The molecule has 1 aliphatic heterocycles. The number of alkyl halides is 3. The normalized spacial score (nSPS) is 17.3. The number of anilines is 2. The molecule has 0 aromatic heterocycles. The number of hydrogen-bond donors (Lipinski definition) is 1. The Morgan fingerprint density at radius 1 is 1.22 bits per heavy atom. The van der Waals surface area contributed by atoms with Gasteiger partial charge >= 0.3 is 6.18 Å². The second kappa shape index (κ2) is 7.64. The van der Waals surface area contributed by atoms with Crippen LogP contribution in [0.1, 0.15) is 29.8 Å². The first-order valence-corrected chi connectivity index (χ1v) is 9.35. The van der Waals surface area contributed by atoms with Gasteiger partial charge in [0.05, 0.1) is 11.3 Å². The smallest absolute Gasteiger partial charge is 0.326 e. The summed E-state index contributed by atoms with van der Waals surface area (Å²) < 4.78 is 38.3. The highest BCUT2D eigenvalue weighted by atomic mass is 32.2.